The zero-order valence-electron chi connectivity index (χ0n) is 14.3. The summed E-state index contributed by atoms with van der Waals surface area (Å²) in [5, 5.41) is 25.5. The molecule has 0 N–H and O–H groups in total. The average Bonchev–Trinajstić information content (AvgIpc) is 2.95. The van der Waals surface area contributed by atoms with E-state index in [0.29, 0.717) is 27.0 Å². The van der Waals surface area contributed by atoms with Gasteiger partial charge in [0.15, 0.2) is 0 Å². The fraction of sp³-hybridized carbons (Fsp3) is 0.200. The quantitative estimate of drug-likeness (QED) is 0.745. The number of hydrogen-bond acceptors (Lipinski definition) is 4. The molecule has 0 spiro atoms. The van der Waals surface area contributed by atoms with Crippen molar-refractivity contribution in [1.82, 2.24) is 0 Å². The summed E-state index contributed by atoms with van der Waals surface area (Å²) in [7, 11) is 0. The molecule has 1 heterocycles. The molecule has 134 valence electrons. The van der Waals surface area contributed by atoms with Crippen molar-refractivity contribution in [2.45, 2.75) is 12.8 Å². The van der Waals surface area contributed by atoms with Crippen LogP contribution >= 0.6 is 23.2 Å². The third-order valence-electron chi connectivity index (χ3n) is 4.50. The first-order valence-corrected chi connectivity index (χ1v) is 8.91. The number of benzene rings is 2. The molecular formula is C20H14Cl2N4O. The van der Waals surface area contributed by atoms with E-state index >= 15 is 0 Å². The molecule has 27 heavy (non-hydrogen) atoms. The van der Waals surface area contributed by atoms with Crippen LogP contribution in [0.4, 0.5) is 5.69 Å². The van der Waals surface area contributed by atoms with E-state index in [-0.39, 0.29) is 5.91 Å². The Balaban J connectivity index is 2.08. The predicted octanol–water partition coefficient (Wildman–Crippen LogP) is 4.78. The zero-order valence-corrected chi connectivity index (χ0v) is 15.8. The lowest BCUT2D eigenvalue weighted by molar-refractivity contribution is -0.120. The molecule has 5 nitrogen and oxygen atoms in total. The summed E-state index contributed by atoms with van der Waals surface area (Å²) in [6, 6.07) is 17.8. The van der Waals surface area contributed by atoms with Gasteiger partial charge in [0, 0.05) is 21.7 Å². The minimum absolute atomic E-state index is 0.301. The number of nitrogens with zero attached hydrogens (tertiary/aromatic N) is 4. The van der Waals surface area contributed by atoms with E-state index in [4.69, 9.17) is 23.2 Å². The number of anilines is 1. The van der Waals surface area contributed by atoms with Gasteiger partial charge < -0.3 is 0 Å². The van der Waals surface area contributed by atoms with Gasteiger partial charge in [-0.3, -0.25) is 4.79 Å². The SMILES string of the molecule is CC1=NN(c2ccccc2)C(=O)[C@@H]1[C@@H](c1ccc(Cl)cc1Cl)C(C#N)C#N. The summed E-state index contributed by atoms with van der Waals surface area (Å²) in [5.41, 5.74) is 1.67. The van der Waals surface area contributed by atoms with Crippen molar-refractivity contribution in [3.8, 4) is 12.1 Å². The fourth-order valence-electron chi connectivity index (χ4n) is 3.26. The van der Waals surface area contributed by atoms with Crippen LogP contribution in [0.25, 0.3) is 0 Å². The van der Waals surface area contributed by atoms with E-state index in [1.54, 1.807) is 31.2 Å². The van der Waals surface area contributed by atoms with Gasteiger partial charge in [-0.05, 0) is 36.8 Å². The van der Waals surface area contributed by atoms with Crippen molar-refractivity contribution in [2.24, 2.45) is 16.9 Å². The van der Waals surface area contributed by atoms with Gasteiger partial charge in [-0.1, -0.05) is 47.5 Å². The number of halogens is 2. The Hall–Kier alpha value is -2.86. The van der Waals surface area contributed by atoms with Crippen molar-refractivity contribution >= 4 is 40.5 Å². The summed E-state index contributed by atoms with van der Waals surface area (Å²) in [6.07, 6.45) is 0. The highest BCUT2D eigenvalue weighted by molar-refractivity contribution is 6.35. The highest BCUT2D eigenvalue weighted by Gasteiger charge is 2.44. The summed E-state index contributed by atoms with van der Waals surface area (Å²) < 4.78 is 0. The Morgan fingerprint density at radius 1 is 1.11 bits per heavy atom. The number of carbonyl (C=O) groups is 1. The number of para-hydroxylation sites is 1. The first kappa shape index (κ1) is 18.9. The fourth-order valence-corrected chi connectivity index (χ4v) is 3.79. The summed E-state index contributed by atoms with van der Waals surface area (Å²) in [4.78, 5) is 13.2. The maximum Gasteiger partial charge on any atom is 0.256 e. The van der Waals surface area contributed by atoms with Gasteiger partial charge in [-0.2, -0.15) is 15.6 Å². The van der Waals surface area contributed by atoms with Gasteiger partial charge in [-0.15, -0.1) is 0 Å². The summed E-state index contributed by atoms with van der Waals surface area (Å²) >= 11 is 12.3. The van der Waals surface area contributed by atoms with Crippen LogP contribution in [0.15, 0.2) is 53.6 Å². The first-order valence-electron chi connectivity index (χ1n) is 8.16. The molecule has 0 saturated carbocycles. The Kier molecular flexibility index (Phi) is 5.46. The molecule has 3 rings (SSSR count). The monoisotopic (exact) mass is 396 g/mol. The minimum Gasteiger partial charge on any atom is -0.272 e. The van der Waals surface area contributed by atoms with Crippen LogP contribution in [0.3, 0.4) is 0 Å². The van der Waals surface area contributed by atoms with Gasteiger partial charge in [0.1, 0.15) is 5.92 Å². The van der Waals surface area contributed by atoms with Crippen LogP contribution in [0.1, 0.15) is 18.4 Å². The maximum atomic E-state index is 13.2. The van der Waals surface area contributed by atoms with E-state index in [1.165, 1.54) is 11.1 Å². The standard InChI is InChI=1S/C20H14Cl2N4O/c1-12-18(20(27)26(25-12)15-5-3-2-4-6-15)19(13(10-23)11-24)16-8-7-14(21)9-17(16)22/h2-9,13,18-19H,1H3/t18-,19+/m0/s1. The molecule has 0 fully saturated rings. The van der Waals surface area contributed by atoms with Crippen LogP contribution in [-0.4, -0.2) is 11.6 Å². The Morgan fingerprint density at radius 2 is 1.78 bits per heavy atom. The molecule has 0 bridgehead atoms. The van der Waals surface area contributed by atoms with Crippen molar-refractivity contribution in [2.75, 3.05) is 5.01 Å². The van der Waals surface area contributed by atoms with Crippen molar-refractivity contribution in [3.05, 3.63) is 64.1 Å². The third-order valence-corrected chi connectivity index (χ3v) is 5.06. The molecule has 0 aliphatic carbocycles. The van der Waals surface area contributed by atoms with Gasteiger partial charge in [0.05, 0.1) is 23.7 Å². The molecule has 1 aliphatic heterocycles. The van der Waals surface area contributed by atoms with Crippen LogP contribution < -0.4 is 5.01 Å². The maximum absolute atomic E-state index is 13.2. The number of amides is 1. The summed E-state index contributed by atoms with van der Waals surface area (Å²) in [5.74, 6) is -2.90. The average molecular weight is 397 g/mol. The molecule has 7 heteroatoms. The second-order valence-electron chi connectivity index (χ2n) is 6.13. The van der Waals surface area contributed by atoms with Crippen LogP contribution in [0.5, 0.6) is 0 Å². The van der Waals surface area contributed by atoms with Gasteiger partial charge in [0.25, 0.3) is 5.91 Å². The Morgan fingerprint density at radius 3 is 2.37 bits per heavy atom. The van der Waals surface area contributed by atoms with Gasteiger partial charge >= 0.3 is 0 Å². The lowest BCUT2D eigenvalue weighted by Gasteiger charge is -2.25. The van der Waals surface area contributed by atoms with Gasteiger partial charge in [0.2, 0.25) is 0 Å². The van der Waals surface area contributed by atoms with E-state index in [2.05, 4.69) is 5.10 Å². The topological polar surface area (TPSA) is 80.2 Å². The number of hydrogen-bond donors (Lipinski definition) is 0. The van der Waals surface area contributed by atoms with Crippen molar-refractivity contribution < 1.29 is 4.79 Å². The van der Waals surface area contributed by atoms with E-state index in [0.717, 1.165) is 0 Å². The molecule has 1 aliphatic rings. The largest absolute Gasteiger partial charge is 0.272 e. The highest BCUT2D eigenvalue weighted by atomic mass is 35.5. The highest BCUT2D eigenvalue weighted by Crippen LogP contribution is 2.41. The van der Waals surface area contributed by atoms with E-state index < -0.39 is 17.8 Å². The normalized spacial score (nSPS) is 17.4. The smallest absolute Gasteiger partial charge is 0.256 e. The van der Waals surface area contributed by atoms with E-state index in [9.17, 15) is 15.3 Å². The van der Waals surface area contributed by atoms with Crippen LogP contribution in [-0.2, 0) is 4.79 Å². The minimum atomic E-state index is -1.07. The Labute approximate surface area is 167 Å². The van der Waals surface area contributed by atoms with Gasteiger partial charge in [-0.25, -0.2) is 5.01 Å². The zero-order chi connectivity index (χ0) is 19.6. The molecule has 0 saturated heterocycles. The lowest BCUT2D eigenvalue weighted by atomic mass is 9.75. The molecule has 0 aromatic heterocycles. The molecule has 2 aromatic rings. The second kappa shape index (κ2) is 7.80. The van der Waals surface area contributed by atoms with E-state index in [1.807, 2.05) is 30.3 Å². The number of hydrazone groups is 1. The summed E-state index contributed by atoms with van der Waals surface area (Å²) in [6.45, 7) is 1.72. The predicted molar refractivity (Wildman–Crippen MR) is 104 cm³/mol. The van der Waals surface area contributed by atoms with Crippen LogP contribution in [0, 0.1) is 34.5 Å². The number of rotatable bonds is 4. The van der Waals surface area contributed by atoms with Crippen molar-refractivity contribution in [3.63, 3.8) is 0 Å². The number of carbonyl (C=O) groups excluding carboxylic acids is 1. The molecule has 0 radical (unpaired) electrons. The molecule has 0 unspecified atom stereocenters. The molecule has 2 aromatic carbocycles. The van der Waals surface area contributed by atoms with Crippen molar-refractivity contribution in [1.29, 1.82) is 10.5 Å². The lowest BCUT2D eigenvalue weighted by Crippen LogP contribution is -2.34. The third kappa shape index (κ3) is 3.53. The molecule has 1 amide bonds. The molecular weight excluding hydrogens is 383 g/mol. The molecule has 2 atom stereocenters. The second-order valence-corrected chi connectivity index (χ2v) is 6.98. The number of nitriles is 2. The Bertz CT molecular complexity index is 977. The first-order chi connectivity index (χ1) is 13.0. The van der Waals surface area contributed by atoms with Crippen LogP contribution in [0.2, 0.25) is 10.0 Å².